The van der Waals surface area contributed by atoms with Crippen molar-refractivity contribution in [1.82, 2.24) is 0 Å². The molecule has 0 atom stereocenters. The van der Waals surface area contributed by atoms with Crippen LogP contribution in [-0.4, -0.2) is 0 Å². The summed E-state index contributed by atoms with van der Waals surface area (Å²) in [7, 11) is 0. The van der Waals surface area contributed by atoms with Gasteiger partial charge in [-0.1, -0.05) is 30.4 Å². The molecule has 1 aromatic rings. The van der Waals surface area contributed by atoms with Crippen LogP contribution in [-0.2, 0) is 0 Å². The van der Waals surface area contributed by atoms with Gasteiger partial charge in [-0.3, -0.25) is 0 Å². The van der Waals surface area contributed by atoms with Gasteiger partial charge in [-0.25, -0.2) is 0 Å². The van der Waals surface area contributed by atoms with Crippen LogP contribution in [0, 0.1) is 0 Å². The zero-order valence-electron chi connectivity index (χ0n) is 7.04. The Kier molecular flexibility index (Phi) is 1.71. The molecule has 1 heterocycles. The van der Waals surface area contributed by atoms with Crippen molar-refractivity contribution in [3.63, 3.8) is 0 Å². The van der Waals surface area contributed by atoms with Gasteiger partial charge in [0.05, 0.1) is 0 Å². The van der Waals surface area contributed by atoms with Gasteiger partial charge in [-0.2, -0.15) is 0 Å². The minimum absolute atomic E-state index is 1.16. The van der Waals surface area contributed by atoms with E-state index < -0.39 is 0 Å². The lowest BCUT2D eigenvalue weighted by atomic mass is 10.1. The maximum absolute atomic E-state index is 3.32. The van der Waals surface area contributed by atoms with E-state index in [1.165, 1.54) is 11.3 Å². The molecule has 12 heavy (non-hydrogen) atoms. The van der Waals surface area contributed by atoms with Crippen LogP contribution in [0.5, 0.6) is 0 Å². The molecule has 1 aliphatic rings. The molecule has 0 radical (unpaired) electrons. The van der Waals surface area contributed by atoms with Crippen LogP contribution in [0.2, 0.25) is 0 Å². The molecule has 1 N–H and O–H groups in total. The molecule has 0 saturated carbocycles. The fourth-order valence-electron chi connectivity index (χ4n) is 1.30. The highest BCUT2D eigenvalue weighted by Gasteiger charge is 2.03. The molecule has 0 bridgehead atoms. The standard InChI is InChI=1S/C11H11N/c1-2-10-8-7-9-5-3-4-6-11(9)12-10/h2-8,12H,1H3/b10-2-. The third kappa shape index (κ3) is 1.14. The summed E-state index contributed by atoms with van der Waals surface area (Å²) in [4.78, 5) is 0. The molecule has 2 rings (SSSR count). The second-order valence-corrected chi connectivity index (χ2v) is 2.79. The van der Waals surface area contributed by atoms with Gasteiger partial charge < -0.3 is 5.32 Å². The summed E-state index contributed by atoms with van der Waals surface area (Å²) < 4.78 is 0. The van der Waals surface area contributed by atoms with Crippen LogP contribution in [0.1, 0.15) is 12.5 Å². The predicted molar refractivity (Wildman–Crippen MR) is 52.9 cm³/mol. The first-order chi connectivity index (χ1) is 5.90. The van der Waals surface area contributed by atoms with Gasteiger partial charge in [0.25, 0.3) is 0 Å². The fourth-order valence-corrected chi connectivity index (χ4v) is 1.30. The van der Waals surface area contributed by atoms with E-state index in [0.29, 0.717) is 0 Å². The number of hydrogen-bond acceptors (Lipinski definition) is 1. The van der Waals surface area contributed by atoms with E-state index in [1.54, 1.807) is 0 Å². The van der Waals surface area contributed by atoms with E-state index in [0.717, 1.165) is 5.70 Å². The molecule has 0 aliphatic carbocycles. The van der Waals surface area contributed by atoms with Crippen molar-refractivity contribution in [3.05, 3.63) is 47.7 Å². The molecule has 1 aromatic carbocycles. The molecule has 1 aliphatic heterocycles. The molecule has 0 saturated heterocycles. The van der Waals surface area contributed by atoms with Gasteiger partial charge in [-0.05, 0) is 24.6 Å². The van der Waals surface area contributed by atoms with Gasteiger partial charge in [0.1, 0.15) is 0 Å². The molecule has 0 aromatic heterocycles. The number of allylic oxidation sites excluding steroid dienone is 2. The van der Waals surface area contributed by atoms with Crippen molar-refractivity contribution >= 4 is 11.8 Å². The van der Waals surface area contributed by atoms with Crippen LogP contribution in [0.4, 0.5) is 5.69 Å². The number of fused-ring (bicyclic) bond motifs is 1. The van der Waals surface area contributed by atoms with Crippen molar-refractivity contribution in [1.29, 1.82) is 0 Å². The Morgan fingerprint density at radius 1 is 1.17 bits per heavy atom. The smallest absolute Gasteiger partial charge is 0.0457 e. The van der Waals surface area contributed by atoms with Crippen molar-refractivity contribution in [2.45, 2.75) is 6.92 Å². The Bertz CT molecular complexity index is 348. The first-order valence-corrected chi connectivity index (χ1v) is 4.10. The van der Waals surface area contributed by atoms with Gasteiger partial charge in [0.15, 0.2) is 0 Å². The van der Waals surface area contributed by atoms with Crippen LogP contribution < -0.4 is 5.32 Å². The highest BCUT2D eigenvalue weighted by Crippen LogP contribution is 2.23. The number of rotatable bonds is 0. The number of anilines is 1. The lowest BCUT2D eigenvalue weighted by molar-refractivity contribution is 1.41. The largest absolute Gasteiger partial charge is 0.355 e. The molecular weight excluding hydrogens is 146 g/mol. The summed E-state index contributed by atoms with van der Waals surface area (Å²) in [5.74, 6) is 0. The molecule has 60 valence electrons. The summed E-state index contributed by atoms with van der Waals surface area (Å²) in [6.07, 6.45) is 6.27. The van der Waals surface area contributed by atoms with Gasteiger partial charge in [0, 0.05) is 11.4 Å². The Labute approximate surface area is 72.4 Å². The quantitative estimate of drug-likeness (QED) is 0.610. The van der Waals surface area contributed by atoms with Crippen LogP contribution in [0.15, 0.2) is 42.1 Å². The van der Waals surface area contributed by atoms with E-state index in [1.807, 2.05) is 19.1 Å². The maximum Gasteiger partial charge on any atom is 0.0457 e. The molecule has 0 unspecified atom stereocenters. The zero-order chi connectivity index (χ0) is 8.39. The van der Waals surface area contributed by atoms with E-state index in [-0.39, 0.29) is 0 Å². The third-order valence-electron chi connectivity index (χ3n) is 1.99. The Hall–Kier alpha value is -1.50. The van der Waals surface area contributed by atoms with Gasteiger partial charge >= 0.3 is 0 Å². The van der Waals surface area contributed by atoms with E-state index in [4.69, 9.17) is 0 Å². The Morgan fingerprint density at radius 3 is 2.83 bits per heavy atom. The normalized spacial score (nSPS) is 17.2. The molecule has 0 amide bonds. The van der Waals surface area contributed by atoms with Crippen molar-refractivity contribution in [2.75, 3.05) is 5.32 Å². The topological polar surface area (TPSA) is 12.0 Å². The van der Waals surface area contributed by atoms with E-state index in [9.17, 15) is 0 Å². The summed E-state index contributed by atoms with van der Waals surface area (Å²) in [5.41, 5.74) is 3.60. The maximum atomic E-state index is 3.32. The molecule has 1 nitrogen and oxygen atoms in total. The van der Waals surface area contributed by atoms with Crippen LogP contribution in [0.3, 0.4) is 0 Å². The summed E-state index contributed by atoms with van der Waals surface area (Å²) in [6.45, 7) is 2.03. The minimum Gasteiger partial charge on any atom is -0.355 e. The summed E-state index contributed by atoms with van der Waals surface area (Å²) in [6, 6.07) is 8.28. The summed E-state index contributed by atoms with van der Waals surface area (Å²) >= 11 is 0. The molecule has 1 heteroatoms. The van der Waals surface area contributed by atoms with Gasteiger partial charge in [0.2, 0.25) is 0 Å². The Morgan fingerprint density at radius 2 is 2.00 bits per heavy atom. The average molecular weight is 157 g/mol. The number of benzene rings is 1. The number of para-hydroxylation sites is 1. The second-order valence-electron chi connectivity index (χ2n) is 2.79. The third-order valence-corrected chi connectivity index (χ3v) is 1.99. The van der Waals surface area contributed by atoms with Crippen LogP contribution in [0.25, 0.3) is 6.08 Å². The highest BCUT2D eigenvalue weighted by atomic mass is 14.9. The van der Waals surface area contributed by atoms with E-state index in [2.05, 4.69) is 35.7 Å². The lowest BCUT2D eigenvalue weighted by Gasteiger charge is -2.14. The average Bonchev–Trinajstić information content (AvgIpc) is 2.17. The van der Waals surface area contributed by atoms with E-state index >= 15 is 0 Å². The zero-order valence-corrected chi connectivity index (χ0v) is 7.04. The predicted octanol–water partition coefficient (Wildman–Crippen LogP) is 3.03. The number of nitrogens with one attached hydrogen (secondary N) is 1. The minimum atomic E-state index is 1.16. The second kappa shape index (κ2) is 2.86. The monoisotopic (exact) mass is 157 g/mol. The summed E-state index contributed by atoms with van der Waals surface area (Å²) in [5, 5.41) is 3.32. The highest BCUT2D eigenvalue weighted by molar-refractivity contribution is 5.74. The van der Waals surface area contributed by atoms with Crippen molar-refractivity contribution < 1.29 is 0 Å². The first-order valence-electron chi connectivity index (χ1n) is 4.10. The molecular formula is C11H11N. The lowest BCUT2D eigenvalue weighted by Crippen LogP contribution is -2.01. The number of hydrogen-bond donors (Lipinski definition) is 1. The molecule has 0 spiro atoms. The van der Waals surface area contributed by atoms with Crippen molar-refractivity contribution in [3.8, 4) is 0 Å². The fraction of sp³-hybridized carbons (Fsp3) is 0.0909. The first kappa shape index (κ1) is 7.17. The van der Waals surface area contributed by atoms with Crippen LogP contribution >= 0.6 is 0 Å². The SMILES string of the molecule is C/C=C1/C=Cc2ccccc2N1. The molecule has 0 fully saturated rings. The Balaban J connectivity index is 2.46. The van der Waals surface area contributed by atoms with Gasteiger partial charge in [-0.15, -0.1) is 0 Å². The van der Waals surface area contributed by atoms with Crippen molar-refractivity contribution in [2.24, 2.45) is 0 Å².